The Morgan fingerprint density at radius 2 is 1.97 bits per heavy atom. The Morgan fingerprint density at radius 3 is 2.62 bits per heavy atom. The van der Waals surface area contributed by atoms with Crippen LogP contribution in [0.1, 0.15) is 18.0 Å². The van der Waals surface area contributed by atoms with Gasteiger partial charge in [0.1, 0.15) is 5.82 Å². The summed E-state index contributed by atoms with van der Waals surface area (Å²) in [6, 6.07) is 6.91. The molecule has 0 aromatic heterocycles. The smallest absolute Gasteiger partial charge is 0.191 e. The number of halogens is 1. The van der Waals surface area contributed by atoms with E-state index in [0.29, 0.717) is 6.54 Å². The number of nitrogens with zero attached hydrogens (tertiary/aromatic N) is 3. The molecule has 1 saturated heterocycles. The minimum atomic E-state index is -0.213. The monoisotopic (exact) mass is 409 g/mol. The van der Waals surface area contributed by atoms with Gasteiger partial charge in [0, 0.05) is 60.0 Å². The third-order valence-corrected chi connectivity index (χ3v) is 5.10. The van der Waals surface area contributed by atoms with Gasteiger partial charge in [0.25, 0.3) is 0 Å². The summed E-state index contributed by atoms with van der Waals surface area (Å²) in [6.07, 6.45) is 1.03. The van der Waals surface area contributed by atoms with E-state index in [1.807, 2.05) is 12.1 Å². The van der Waals surface area contributed by atoms with Gasteiger partial charge in [-0.1, -0.05) is 12.1 Å². The van der Waals surface area contributed by atoms with E-state index in [-0.39, 0.29) is 11.9 Å². The van der Waals surface area contributed by atoms with E-state index in [2.05, 4.69) is 32.5 Å². The molecule has 2 rings (SSSR count). The van der Waals surface area contributed by atoms with Crippen molar-refractivity contribution in [2.75, 3.05) is 80.3 Å². The molecule has 1 aliphatic heterocycles. The first kappa shape index (κ1) is 23.5. The molecule has 164 valence electrons. The van der Waals surface area contributed by atoms with E-state index < -0.39 is 0 Å². The van der Waals surface area contributed by atoms with Gasteiger partial charge in [0.2, 0.25) is 0 Å². The molecule has 0 bridgehead atoms. The summed E-state index contributed by atoms with van der Waals surface area (Å²) in [5, 5.41) is 6.80. The van der Waals surface area contributed by atoms with Crippen molar-refractivity contribution in [3.8, 4) is 0 Å². The fourth-order valence-electron chi connectivity index (χ4n) is 3.40. The Kier molecular flexibility index (Phi) is 10.9. The van der Waals surface area contributed by atoms with Crippen molar-refractivity contribution in [2.45, 2.75) is 12.5 Å². The third-order valence-electron chi connectivity index (χ3n) is 5.10. The molecule has 0 radical (unpaired) electrons. The zero-order valence-electron chi connectivity index (χ0n) is 18.0. The molecule has 7 nitrogen and oxygen atoms in total. The zero-order chi connectivity index (χ0) is 20.9. The minimum absolute atomic E-state index is 0.134. The highest BCUT2D eigenvalue weighted by atomic mass is 19.1. The fraction of sp³-hybridized carbons (Fsp3) is 0.667. The van der Waals surface area contributed by atoms with Gasteiger partial charge in [-0.2, -0.15) is 0 Å². The first-order chi connectivity index (χ1) is 14.1. The van der Waals surface area contributed by atoms with Crippen LogP contribution in [0.4, 0.5) is 4.39 Å². The predicted molar refractivity (Wildman–Crippen MR) is 115 cm³/mol. The molecule has 8 heteroatoms. The number of rotatable bonds is 11. The third kappa shape index (κ3) is 8.65. The van der Waals surface area contributed by atoms with Gasteiger partial charge < -0.3 is 25.0 Å². The van der Waals surface area contributed by atoms with Gasteiger partial charge in [-0.3, -0.25) is 9.89 Å². The van der Waals surface area contributed by atoms with Gasteiger partial charge in [-0.25, -0.2) is 4.39 Å². The maximum absolute atomic E-state index is 13.4. The first-order valence-electron chi connectivity index (χ1n) is 10.3. The van der Waals surface area contributed by atoms with E-state index in [1.54, 1.807) is 14.2 Å². The average molecular weight is 410 g/mol. The molecule has 0 aliphatic carbocycles. The normalized spacial score (nSPS) is 16.8. The lowest BCUT2D eigenvalue weighted by Gasteiger charge is -2.35. The first-order valence-corrected chi connectivity index (χ1v) is 10.3. The Hall–Kier alpha value is -1.74. The van der Waals surface area contributed by atoms with E-state index in [0.717, 1.165) is 70.5 Å². The molecular weight excluding hydrogens is 373 g/mol. The number of hydrogen-bond donors (Lipinski definition) is 2. The van der Waals surface area contributed by atoms with Crippen LogP contribution in [-0.2, 0) is 9.47 Å². The van der Waals surface area contributed by atoms with Crippen LogP contribution in [0.15, 0.2) is 29.3 Å². The molecule has 1 aromatic rings. The van der Waals surface area contributed by atoms with E-state index >= 15 is 0 Å². The molecule has 1 heterocycles. The average Bonchev–Trinajstić information content (AvgIpc) is 2.74. The highest BCUT2D eigenvalue weighted by Gasteiger charge is 2.23. The molecule has 29 heavy (non-hydrogen) atoms. The van der Waals surface area contributed by atoms with Gasteiger partial charge in [-0.15, -0.1) is 0 Å². The topological polar surface area (TPSA) is 61.4 Å². The van der Waals surface area contributed by atoms with Crippen LogP contribution in [0.25, 0.3) is 0 Å². The van der Waals surface area contributed by atoms with Crippen LogP contribution in [0.5, 0.6) is 0 Å². The second-order valence-corrected chi connectivity index (χ2v) is 7.25. The lowest BCUT2D eigenvalue weighted by molar-refractivity contribution is 0.0170. The van der Waals surface area contributed by atoms with Crippen LogP contribution >= 0.6 is 0 Å². The van der Waals surface area contributed by atoms with Crippen LogP contribution in [0, 0.1) is 5.82 Å². The summed E-state index contributed by atoms with van der Waals surface area (Å²) in [5.74, 6) is 0.560. The maximum Gasteiger partial charge on any atom is 0.191 e. The van der Waals surface area contributed by atoms with Crippen molar-refractivity contribution >= 4 is 5.96 Å². The molecule has 1 unspecified atom stereocenters. The SMILES string of the molecule is CN=C(NCCN(C)CCCOC)NCC(c1ccc(F)cc1)N1CCOCC1. The molecule has 0 spiro atoms. The Labute approximate surface area is 174 Å². The number of morpholine rings is 1. The van der Waals surface area contributed by atoms with Crippen LogP contribution in [-0.4, -0.2) is 96.1 Å². The Balaban J connectivity index is 1.85. The molecule has 1 atom stereocenters. The second kappa shape index (κ2) is 13.5. The van der Waals surface area contributed by atoms with Gasteiger partial charge in [0.05, 0.1) is 19.3 Å². The van der Waals surface area contributed by atoms with Gasteiger partial charge >= 0.3 is 0 Å². The van der Waals surface area contributed by atoms with Crippen molar-refractivity contribution in [3.63, 3.8) is 0 Å². The number of benzene rings is 1. The van der Waals surface area contributed by atoms with Crippen molar-refractivity contribution in [3.05, 3.63) is 35.6 Å². The van der Waals surface area contributed by atoms with Crippen molar-refractivity contribution < 1.29 is 13.9 Å². The zero-order valence-corrected chi connectivity index (χ0v) is 18.0. The van der Waals surface area contributed by atoms with E-state index in [1.165, 1.54) is 12.1 Å². The number of hydrogen-bond acceptors (Lipinski definition) is 5. The van der Waals surface area contributed by atoms with Crippen molar-refractivity contribution in [2.24, 2.45) is 4.99 Å². The number of nitrogens with one attached hydrogen (secondary N) is 2. The number of ether oxygens (including phenoxy) is 2. The summed E-state index contributed by atoms with van der Waals surface area (Å²) in [5.41, 5.74) is 1.09. The Bertz CT molecular complexity index is 593. The van der Waals surface area contributed by atoms with Gasteiger partial charge in [0.15, 0.2) is 5.96 Å². The molecule has 1 fully saturated rings. The minimum Gasteiger partial charge on any atom is -0.385 e. The van der Waals surface area contributed by atoms with Gasteiger partial charge in [-0.05, 0) is 31.2 Å². The van der Waals surface area contributed by atoms with E-state index in [4.69, 9.17) is 9.47 Å². The second-order valence-electron chi connectivity index (χ2n) is 7.25. The van der Waals surface area contributed by atoms with Crippen LogP contribution < -0.4 is 10.6 Å². The number of likely N-dealkylation sites (N-methyl/N-ethyl adjacent to an activating group) is 1. The fourth-order valence-corrected chi connectivity index (χ4v) is 3.40. The summed E-state index contributed by atoms with van der Waals surface area (Å²) in [4.78, 5) is 8.99. The molecular formula is C21H36FN5O2. The quantitative estimate of drug-likeness (QED) is 0.327. The molecule has 2 N–H and O–H groups in total. The molecule has 1 aliphatic rings. The Morgan fingerprint density at radius 1 is 1.24 bits per heavy atom. The lowest BCUT2D eigenvalue weighted by atomic mass is 10.0. The summed E-state index contributed by atoms with van der Waals surface area (Å²) < 4.78 is 24.0. The van der Waals surface area contributed by atoms with E-state index in [9.17, 15) is 4.39 Å². The highest BCUT2D eigenvalue weighted by molar-refractivity contribution is 5.79. The molecule has 1 aromatic carbocycles. The molecule has 0 amide bonds. The standard InChI is InChI=1S/C21H36FN5O2/c1-23-21(24-9-11-26(2)10-4-14-28-3)25-17-20(27-12-15-29-16-13-27)18-5-7-19(22)8-6-18/h5-8,20H,4,9-17H2,1-3H3,(H2,23,24,25). The largest absolute Gasteiger partial charge is 0.385 e. The molecule has 0 saturated carbocycles. The number of methoxy groups -OCH3 is 1. The van der Waals surface area contributed by atoms with Crippen molar-refractivity contribution in [1.82, 2.24) is 20.4 Å². The lowest BCUT2D eigenvalue weighted by Crippen LogP contribution is -2.47. The maximum atomic E-state index is 13.4. The summed E-state index contributed by atoms with van der Waals surface area (Å²) in [6.45, 7) is 7.38. The number of aliphatic imine (C=N–C) groups is 1. The van der Waals surface area contributed by atoms with Crippen molar-refractivity contribution in [1.29, 1.82) is 0 Å². The number of guanidine groups is 1. The summed E-state index contributed by atoms with van der Waals surface area (Å²) in [7, 11) is 5.61. The van der Waals surface area contributed by atoms with Crippen LogP contribution in [0.2, 0.25) is 0 Å². The predicted octanol–water partition coefficient (Wildman–Crippen LogP) is 1.33. The summed E-state index contributed by atoms with van der Waals surface area (Å²) >= 11 is 0. The van der Waals surface area contributed by atoms with Crippen LogP contribution in [0.3, 0.4) is 0 Å². The highest BCUT2D eigenvalue weighted by Crippen LogP contribution is 2.21.